The average molecular weight is 988 g/mol. The van der Waals surface area contributed by atoms with E-state index in [0.717, 1.165) is 119 Å². The van der Waals surface area contributed by atoms with Crippen molar-refractivity contribution in [3.05, 3.63) is 61.7 Å². The number of methoxy groups -OCH3 is 1. The van der Waals surface area contributed by atoms with Crippen LogP contribution in [-0.2, 0) is 52.3 Å². The van der Waals surface area contributed by atoms with Gasteiger partial charge in [-0.1, -0.05) is 26.0 Å². The Balaban J connectivity index is 1.02. The highest BCUT2D eigenvalue weighted by molar-refractivity contribution is 6.08. The lowest BCUT2D eigenvalue weighted by atomic mass is 9.87. The first-order chi connectivity index (χ1) is 34.7. The third-order valence-corrected chi connectivity index (χ3v) is 13.7. The summed E-state index contributed by atoms with van der Waals surface area (Å²) in [6.07, 6.45) is 19.3. The van der Waals surface area contributed by atoms with Gasteiger partial charge in [-0.3, -0.25) is 9.59 Å². The maximum Gasteiger partial charge on any atom is 0.330 e. The van der Waals surface area contributed by atoms with Crippen LogP contribution in [0.25, 0.3) is 21.7 Å². The van der Waals surface area contributed by atoms with Gasteiger partial charge in [-0.15, -0.1) is 0 Å². The zero-order valence-electron chi connectivity index (χ0n) is 42.0. The molecule has 0 N–H and O–H groups in total. The molecule has 3 aliphatic rings. The summed E-state index contributed by atoms with van der Waals surface area (Å²) in [7, 11) is 1.65. The number of hydrogen-bond acceptors (Lipinski definition) is 15. The topological polar surface area (TPSA) is 173 Å². The molecule has 0 spiro atoms. The van der Waals surface area contributed by atoms with Crippen LogP contribution >= 0.6 is 0 Å². The molecule has 71 heavy (non-hydrogen) atoms. The minimum Gasteiger partial charge on any atom is -0.474 e. The Morgan fingerprint density at radius 1 is 0.507 bits per heavy atom. The first-order valence-corrected chi connectivity index (χ1v) is 26.2. The van der Waals surface area contributed by atoms with Crippen LogP contribution in [0.2, 0.25) is 0 Å². The summed E-state index contributed by atoms with van der Waals surface area (Å²) in [6.45, 7) is 11.1. The van der Waals surface area contributed by atoms with Crippen molar-refractivity contribution < 1.29 is 66.5 Å². The van der Waals surface area contributed by atoms with Crippen molar-refractivity contribution in [3.8, 4) is 17.4 Å². The second kappa shape index (κ2) is 30.8. The van der Waals surface area contributed by atoms with Crippen LogP contribution in [0.15, 0.2) is 61.7 Å². The maximum atomic E-state index is 13.6. The second-order valence-electron chi connectivity index (χ2n) is 18.9. The van der Waals surface area contributed by atoms with Gasteiger partial charge in [0.25, 0.3) is 0 Å². The number of ether oxygens (including phenoxy) is 10. The van der Waals surface area contributed by atoms with Crippen LogP contribution < -0.4 is 14.2 Å². The number of carbonyl (C=O) groups excluding carboxylic acids is 4. The number of fused-ring (bicyclic) bond motifs is 3. The predicted octanol–water partition coefficient (Wildman–Crippen LogP) is 10.3. The van der Waals surface area contributed by atoms with Crippen LogP contribution in [0.5, 0.6) is 17.4 Å². The molecule has 3 fully saturated rings. The van der Waals surface area contributed by atoms with Crippen molar-refractivity contribution in [2.75, 3.05) is 60.0 Å². The van der Waals surface area contributed by atoms with E-state index in [0.29, 0.717) is 101 Å². The van der Waals surface area contributed by atoms with Gasteiger partial charge in [0.1, 0.15) is 17.6 Å². The quantitative estimate of drug-likeness (QED) is 0.0196. The predicted molar refractivity (Wildman–Crippen MR) is 268 cm³/mol. The summed E-state index contributed by atoms with van der Waals surface area (Å²) in [6, 6.07) is 11.2. The van der Waals surface area contributed by atoms with Crippen molar-refractivity contribution in [2.45, 2.75) is 153 Å². The van der Waals surface area contributed by atoms with E-state index >= 15 is 0 Å². The van der Waals surface area contributed by atoms with Gasteiger partial charge in [0.15, 0.2) is 0 Å². The second-order valence-corrected chi connectivity index (χ2v) is 18.9. The molecule has 15 heteroatoms. The Morgan fingerprint density at radius 2 is 0.958 bits per heavy atom. The van der Waals surface area contributed by atoms with Gasteiger partial charge >= 0.3 is 23.9 Å². The summed E-state index contributed by atoms with van der Waals surface area (Å²) in [5.74, 6) is -0.416. The number of unbranched alkanes of at least 4 members (excludes halogenated alkanes) is 6. The highest BCUT2D eigenvalue weighted by Gasteiger charge is 2.31. The monoisotopic (exact) mass is 988 g/mol. The molecule has 390 valence electrons. The van der Waals surface area contributed by atoms with E-state index in [1.165, 1.54) is 12.2 Å². The van der Waals surface area contributed by atoms with E-state index in [1.54, 1.807) is 13.2 Å². The lowest BCUT2D eigenvalue weighted by molar-refractivity contribution is -0.142. The molecular formula is C56H77NO14. The summed E-state index contributed by atoms with van der Waals surface area (Å²) in [5, 5.41) is 2.48. The van der Waals surface area contributed by atoms with Crippen LogP contribution in [0.3, 0.4) is 0 Å². The van der Waals surface area contributed by atoms with Gasteiger partial charge in [0.05, 0.1) is 75.3 Å². The van der Waals surface area contributed by atoms with Crippen molar-refractivity contribution in [1.29, 1.82) is 0 Å². The Hall–Kier alpha value is -4.93. The Labute approximate surface area is 419 Å². The molecule has 0 atom stereocenters. The van der Waals surface area contributed by atoms with E-state index in [1.807, 2.05) is 30.3 Å². The molecule has 0 bridgehead atoms. The molecule has 1 heterocycles. The highest BCUT2D eigenvalue weighted by atomic mass is 16.6. The Bertz CT molecular complexity index is 2140. The lowest BCUT2D eigenvalue weighted by Crippen LogP contribution is -2.29. The van der Waals surface area contributed by atoms with Gasteiger partial charge in [0.2, 0.25) is 5.88 Å². The van der Waals surface area contributed by atoms with Crippen molar-refractivity contribution in [3.63, 3.8) is 0 Å². The van der Waals surface area contributed by atoms with Crippen molar-refractivity contribution >= 4 is 45.6 Å². The maximum absolute atomic E-state index is 13.6. The number of esters is 4. The molecule has 3 saturated carbocycles. The molecule has 0 aliphatic heterocycles. The minimum absolute atomic E-state index is 0.0980. The largest absolute Gasteiger partial charge is 0.474 e. The number of pyridine rings is 1. The molecule has 1 aromatic heterocycles. The molecule has 3 aromatic rings. The SMILES string of the molecule is C=CC(=O)OCCCCCCOC1CCC(C(=O)Oc2ccc3c(c2)nc(OC2CCC(OCCOCCOC)CC2)c2cc(OC(=O)C4CCC(OCCCCCCOC(=O)C=C)CC4)ccc23)CC1. The van der Waals surface area contributed by atoms with E-state index in [4.69, 9.17) is 52.4 Å². The molecule has 0 unspecified atom stereocenters. The van der Waals surface area contributed by atoms with Gasteiger partial charge < -0.3 is 47.4 Å². The number of benzene rings is 2. The van der Waals surface area contributed by atoms with Crippen LogP contribution in [-0.4, -0.2) is 113 Å². The van der Waals surface area contributed by atoms with Gasteiger partial charge in [-0.05, 0) is 151 Å². The standard InChI is InChI=1S/C56H77NO14/c1-4-52(58)67-32-12-8-6-10-30-64-42-18-14-40(15-19-42)55(60)70-46-26-28-48-49-29-27-47(71-56(61)41-16-20-43(21-17-41)65-31-11-7-9-13-33-68-53(59)5-2)39-51(49)57-54(50(48)38-46)69-45-24-22-44(23-25-45)66-37-36-63-35-34-62-3/h4-5,26-29,38-45H,1-2,6-25,30-37H2,3H3. The fourth-order valence-electron chi connectivity index (χ4n) is 9.55. The number of nitrogens with zero attached hydrogens (tertiary/aromatic N) is 1. The smallest absolute Gasteiger partial charge is 0.330 e. The summed E-state index contributed by atoms with van der Waals surface area (Å²) < 4.78 is 57.9. The number of carbonyl (C=O) groups is 4. The highest BCUT2D eigenvalue weighted by Crippen LogP contribution is 2.38. The van der Waals surface area contributed by atoms with E-state index in [9.17, 15) is 19.2 Å². The first-order valence-electron chi connectivity index (χ1n) is 26.2. The van der Waals surface area contributed by atoms with Crippen LogP contribution in [0.1, 0.15) is 128 Å². The van der Waals surface area contributed by atoms with Crippen molar-refractivity contribution in [2.24, 2.45) is 11.8 Å². The summed E-state index contributed by atoms with van der Waals surface area (Å²) in [5.41, 5.74) is 0.633. The fourth-order valence-corrected chi connectivity index (χ4v) is 9.55. The van der Waals surface area contributed by atoms with E-state index in [-0.39, 0.29) is 60.1 Å². The Morgan fingerprint density at radius 3 is 1.48 bits per heavy atom. The zero-order chi connectivity index (χ0) is 50.0. The first kappa shape index (κ1) is 55.4. The molecule has 6 rings (SSSR count). The van der Waals surface area contributed by atoms with Crippen molar-refractivity contribution in [1.82, 2.24) is 4.98 Å². The van der Waals surface area contributed by atoms with Gasteiger partial charge in [0, 0.05) is 49.3 Å². The van der Waals surface area contributed by atoms with Gasteiger partial charge in [-0.25, -0.2) is 14.6 Å². The van der Waals surface area contributed by atoms with Gasteiger partial charge in [-0.2, -0.15) is 0 Å². The third kappa shape index (κ3) is 18.9. The number of hydrogen-bond donors (Lipinski definition) is 0. The normalized spacial score (nSPS) is 21.3. The average Bonchev–Trinajstić information content (AvgIpc) is 3.39. The van der Waals surface area contributed by atoms with E-state index in [2.05, 4.69) is 13.2 Å². The molecule has 2 aromatic carbocycles. The number of rotatable bonds is 31. The summed E-state index contributed by atoms with van der Waals surface area (Å²) >= 11 is 0. The van der Waals surface area contributed by atoms with Crippen LogP contribution in [0, 0.1) is 11.8 Å². The molecule has 0 radical (unpaired) electrons. The lowest BCUT2D eigenvalue weighted by Gasteiger charge is -2.29. The van der Waals surface area contributed by atoms with Crippen LogP contribution in [0.4, 0.5) is 0 Å². The molecule has 3 aliphatic carbocycles. The Kier molecular flexibility index (Phi) is 24.1. The molecule has 0 saturated heterocycles. The summed E-state index contributed by atoms with van der Waals surface area (Å²) in [4.78, 5) is 54.5. The van der Waals surface area contributed by atoms with E-state index < -0.39 is 0 Å². The number of aromatic nitrogens is 1. The molecular weight excluding hydrogens is 911 g/mol. The third-order valence-electron chi connectivity index (χ3n) is 13.7. The zero-order valence-corrected chi connectivity index (χ0v) is 42.0. The minimum atomic E-state index is -0.388. The fraction of sp³-hybridized carbons (Fsp3) is 0.625. The molecule has 0 amide bonds. The molecule has 15 nitrogen and oxygen atoms in total.